The van der Waals surface area contributed by atoms with E-state index >= 15 is 0 Å². The standard InChI is InChI=1S/C21H16BrNO2/c1-12-5-17(22)9-18-20(24)19(11-25-21(12)18)15-4-2-3-14(8-15)16-6-13(7-16)10-23/h2-5,8-9,11,13,16H,6-7H2,1H3. The van der Waals surface area contributed by atoms with Crippen LogP contribution in [-0.4, -0.2) is 0 Å². The number of aryl methyl sites for hydroxylation is 1. The largest absolute Gasteiger partial charge is 0.463 e. The number of halogens is 1. The highest BCUT2D eigenvalue weighted by molar-refractivity contribution is 9.10. The van der Waals surface area contributed by atoms with Crippen LogP contribution in [0.1, 0.15) is 29.9 Å². The summed E-state index contributed by atoms with van der Waals surface area (Å²) in [5.74, 6) is 0.577. The van der Waals surface area contributed by atoms with E-state index in [1.807, 2.05) is 31.2 Å². The van der Waals surface area contributed by atoms with Gasteiger partial charge in [-0.2, -0.15) is 5.26 Å². The number of fused-ring (bicyclic) bond motifs is 1. The van der Waals surface area contributed by atoms with E-state index in [0.717, 1.165) is 28.4 Å². The highest BCUT2D eigenvalue weighted by Crippen LogP contribution is 2.41. The molecule has 1 aliphatic carbocycles. The fraction of sp³-hybridized carbons (Fsp3) is 0.238. The van der Waals surface area contributed by atoms with Crippen molar-refractivity contribution in [1.82, 2.24) is 0 Å². The van der Waals surface area contributed by atoms with Crippen LogP contribution in [0.15, 0.2) is 56.3 Å². The SMILES string of the molecule is Cc1cc(Br)cc2c(=O)c(-c3cccc(C4CC(C#N)C4)c3)coc12. The van der Waals surface area contributed by atoms with Gasteiger partial charge in [-0.05, 0) is 54.5 Å². The molecule has 0 N–H and O–H groups in total. The summed E-state index contributed by atoms with van der Waals surface area (Å²) in [6.07, 6.45) is 3.36. The molecule has 0 spiro atoms. The van der Waals surface area contributed by atoms with Crippen molar-refractivity contribution >= 4 is 26.9 Å². The molecule has 0 saturated heterocycles. The molecule has 3 aromatic rings. The van der Waals surface area contributed by atoms with Crippen molar-refractivity contribution in [3.05, 3.63) is 68.5 Å². The minimum Gasteiger partial charge on any atom is -0.463 e. The molecular formula is C21H16BrNO2. The van der Waals surface area contributed by atoms with Crippen molar-refractivity contribution in [3.63, 3.8) is 0 Å². The molecule has 3 nitrogen and oxygen atoms in total. The summed E-state index contributed by atoms with van der Waals surface area (Å²) in [4.78, 5) is 13.0. The van der Waals surface area contributed by atoms with Gasteiger partial charge in [0.15, 0.2) is 0 Å². The van der Waals surface area contributed by atoms with Gasteiger partial charge in [0.1, 0.15) is 11.8 Å². The predicted molar refractivity (Wildman–Crippen MR) is 101 cm³/mol. The zero-order valence-electron chi connectivity index (χ0n) is 13.8. The van der Waals surface area contributed by atoms with Gasteiger partial charge in [-0.3, -0.25) is 4.79 Å². The van der Waals surface area contributed by atoms with Crippen molar-refractivity contribution in [2.24, 2.45) is 5.92 Å². The van der Waals surface area contributed by atoms with Gasteiger partial charge in [0.2, 0.25) is 5.43 Å². The maximum atomic E-state index is 13.0. The molecule has 4 heteroatoms. The Morgan fingerprint density at radius 2 is 2.04 bits per heavy atom. The summed E-state index contributed by atoms with van der Waals surface area (Å²) in [5, 5.41) is 9.54. The zero-order chi connectivity index (χ0) is 17.6. The molecule has 0 radical (unpaired) electrons. The Labute approximate surface area is 154 Å². The van der Waals surface area contributed by atoms with E-state index < -0.39 is 0 Å². The molecule has 4 rings (SSSR count). The maximum Gasteiger partial charge on any atom is 0.200 e. The molecular weight excluding hydrogens is 378 g/mol. The van der Waals surface area contributed by atoms with Crippen LogP contribution in [0.4, 0.5) is 0 Å². The average molecular weight is 394 g/mol. The first-order chi connectivity index (χ1) is 12.1. The fourth-order valence-electron chi connectivity index (χ4n) is 3.53. The maximum absolute atomic E-state index is 13.0. The quantitative estimate of drug-likeness (QED) is 0.573. The third kappa shape index (κ3) is 2.79. The Balaban J connectivity index is 1.79. The van der Waals surface area contributed by atoms with Gasteiger partial charge in [0.05, 0.1) is 17.0 Å². The lowest BCUT2D eigenvalue weighted by molar-refractivity contribution is 0.331. The van der Waals surface area contributed by atoms with Crippen molar-refractivity contribution in [3.8, 4) is 17.2 Å². The number of nitrogens with zero attached hydrogens (tertiary/aromatic N) is 1. The van der Waals surface area contributed by atoms with E-state index in [-0.39, 0.29) is 11.3 Å². The first-order valence-electron chi connectivity index (χ1n) is 8.28. The van der Waals surface area contributed by atoms with Crippen LogP contribution < -0.4 is 5.43 Å². The van der Waals surface area contributed by atoms with Gasteiger partial charge in [-0.25, -0.2) is 0 Å². The van der Waals surface area contributed by atoms with Gasteiger partial charge in [-0.1, -0.05) is 40.2 Å². The molecule has 2 aromatic carbocycles. The lowest BCUT2D eigenvalue weighted by atomic mass is 9.72. The van der Waals surface area contributed by atoms with Crippen LogP contribution in [0.2, 0.25) is 0 Å². The van der Waals surface area contributed by atoms with Crippen LogP contribution in [0.3, 0.4) is 0 Å². The van der Waals surface area contributed by atoms with Crippen LogP contribution >= 0.6 is 15.9 Å². The average Bonchev–Trinajstić information content (AvgIpc) is 2.55. The van der Waals surface area contributed by atoms with E-state index in [2.05, 4.69) is 34.1 Å². The number of hydrogen-bond acceptors (Lipinski definition) is 3. The Morgan fingerprint density at radius 3 is 2.80 bits per heavy atom. The van der Waals surface area contributed by atoms with Gasteiger partial charge in [0, 0.05) is 10.4 Å². The molecule has 25 heavy (non-hydrogen) atoms. The van der Waals surface area contributed by atoms with E-state index in [1.165, 1.54) is 5.56 Å². The van der Waals surface area contributed by atoms with E-state index in [4.69, 9.17) is 9.68 Å². The first-order valence-corrected chi connectivity index (χ1v) is 9.07. The molecule has 0 atom stereocenters. The molecule has 0 unspecified atom stereocenters. The Kier molecular flexibility index (Phi) is 3.97. The Morgan fingerprint density at radius 1 is 1.24 bits per heavy atom. The van der Waals surface area contributed by atoms with Crippen LogP contribution in [0.25, 0.3) is 22.1 Å². The molecule has 124 valence electrons. The summed E-state index contributed by atoms with van der Waals surface area (Å²) in [5.41, 5.74) is 4.16. The molecule has 1 heterocycles. The minimum absolute atomic E-state index is 0.0219. The van der Waals surface area contributed by atoms with Gasteiger partial charge in [-0.15, -0.1) is 0 Å². The van der Waals surface area contributed by atoms with Crippen molar-refractivity contribution in [2.75, 3.05) is 0 Å². The lowest BCUT2D eigenvalue weighted by Crippen LogP contribution is -2.20. The molecule has 1 fully saturated rings. The third-order valence-electron chi connectivity index (χ3n) is 5.01. The van der Waals surface area contributed by atoms with Crippen molar-refractivity contribution in [2.45, 2.75) is 25.7 Å². The monoisotopic (exact) mass is 393 g/mol. The number of rotatable bonds is 2. The highest BCUT2D eigenvalue weighted by Gasteiger charge is 2.30. The van der Waals surface area contributed by atoms with Crippen LogP contribution in [0, 0.1) is 24.2 Å². The minimum atomic E-state index is -0.0219. The zero-order valence-corrected chi connectivity index (χ0v) is 15.3. The number of benzene rings is 2. The van der Waals surface area contributed by atoms with E-state index in [1.54, 1.807) is 6.26 Å². The highest BCUT2D eigenvalue weighted by atomic mass is 79.9. The Bertz CT molecular complexity index is 1070. The first kappa shape index (κ1) is 16.1. The molecule has 0 aliphatic heterocycles. The molecule has 1 saturated carbocycles. The predicted octanol–water partition coefficient (Wildman–Crippen LogP) is 5.55. The van der Waals surface area contributed by atoms with Gasteiger partial charge < -0.3 is 4.42 Å². The van der Waals surface area contributed by atoms with Gasteiger partial charge >= 0.3 is 0 Å². The molecule has 1 aromatic heterocycles. The summed E-state index contributed by atoms with van der Waals surface area (Å²) in [6, 6.07) is 14.1. The van der Waals surface area contributed by atoms with Crippen molar-refractivity contribution < 1.29 is 4.42 Å². The second-order valence-corrected chi connectivity index (χ2v) is 7.61. The second kappa shape index (κ2) is 6.16. The summed E-state index contributed by atoms with van der Waals surface area (Å²) in [6.45, 7) is 1.93. The lowest BCUT2D eigenvalue weighted by Gasteiger charge is -2.31. The van der Waals surface area contributed by atoms with E-state index in [0.29, 0.717) is 22.5 Å². The second-order valence-electron chi connectivity index (χ2n) is 6.70. The summed E-state index contributed by atoms with van der Waals surface area (Å²) < 4.78 is 6.64. The summed E-state index contributed by atoms with van der Waals surface area (Å²) in [7, 11) is 0. The van der Waals surface area contributed by atoms with Crippen LogP contribution in [-0.2, 0) is 0 Å². The van der Waals surface area contributed by atoms with E-state index in [9.17, 15) is 4.79 Å². The van der Waals surface area contributed by atoms with Crippen LogP contribution in [0.5, 0.6) is 0 Å². The third-order valence-corrected chi connectivity index (χ3v) is 5.47. The number of hydrogen-bond donors (Lipinski definition) is 0. The molecule has 1 aliphatic rings. The normalized spacial score (nSPS) is 19.4. The molecule has 0 amide bonds. The topological polar surface area (TPSA) is 54.0 Å². The smallest absolute Gasteiger partial charge is 0.200 e. The summed E-state index contributed by atoms with van der Waals surface area (Å²) >= 11 is 3.45. The Hall–Kier alpha value is -2.38. The number of nitriles is 1. The molecule has 0 bridgehead atoms. The van der Waals surface area contributed by atoms with Crippen molar-refractivity contribution in [1.29, 1.82) is 5.26 Å². The van der Waals surface area contributed by atoms with Gasteiger partial charge in [0.25, 0.3) is 0 Å². The fourth-order valence-corrected chi connectivity index (χ4v) is 4.10.